The Morgan fingerprint density at radius 1 is 1.11 bits per heavy atom. The van der Waals surface area contributed by atoms with Crippen molar-refractivity contribution in [3.63, 3.8) is 0 Å². The van der Waals surface area contributed by atoms with Crippen LogP contribution in [-0.4, -0.2) is 83.0 Å². The maximum absolute atomic E-state index is 13.2. The molecule has 0 bridgehead atoms. The predicted octanol–water partition coefficient (Wildman–Crippen LogP) is 2.51. The molecule has 1 aliphatic rings. The van der Waals surface area contributed by atoms with E-state index in [1.54, 1.807) is 47.5 Å². The Kier molecular flexibility index (Phi) is 9.44. The summed E-state index contributed by atoms with van der Waals surface area (Å²) in [6.45, 7) is -0.327. The largest absolute Gasteiger partial charge is 0.467 e. The number of aliphatic hydroxyl groups is 2. The molecule has 0 radical (unpaired) electrons. The molecule has 2 amide bonds. The fourth-order valence-electron chi connectivity index (χ4n) is 4.99. The summed E-state index contributed by atoms with van der Waals surface area (Å²) in [6.07, 6.45) is 8.86. The number of aryl methyl sites for hydroxylation is 1. The average Bonchev–Trinajstić information content (AvgIpc) is 3.38. The highest BCUT2D eigenvalue weighted by atomic mass is 35.5. The topological polar surface area (TPSA) is 200 Å². The van der Waals surface area contributed by atoms with Crippen molar-refractivity contribution < 1.29 is 19.7 Å². The predicted molar refractivity (Wildman–Crippen MR) is 160 cm³/mol. The van der Waals surface area contributed by atoms with E-state index >= 15 is 0 Å². The summed E-state index contributed by atoms with van der Waals surface area (Å²) in [5.41, 5.74) is 2.48. The number of nitriles is 1. The van der Waals surface area contributed by atoms with Gasteiger partial charge in [0.1, 0.15) is 23.3 Å². The Balaban J connectivity index is 1.30. The number of rotatable bonds is 9. The molecule has 0 spiro atoms. The summed E-state index contributed by atoms with van der Waals surface area (Å²) in [5, 5.41) is 38.8. The molecule has 4 aromatic rings. The molecule has 0 aliphatic heterocycles. The number of carbonyl (C=O) groups excluding carboxylic acids is 1. The number of nitrogens with one attached hydrogen (secondary N) is 2. The number of amides is 2. The van der Waals surface area contributed by atoms with Crippen LogP contribution < -0.4 is 20.3 Å². The maximum Gasteiger partial charge on any atom is 0.323 e. The van der Waals surface area contributed by atoms with Gasteiger partial charge in [0, 0.05) is 55.0 Å². The molecule has 16 heteroatoms. The molecule has 0 saturated heterocycles. The van der Waals surface area contributed by atoms with E-state index in [-0.39, 0.29) is 30.2 Å². The summed E-state index contributed by atoms with van der Waals surface area (Å²) in [7, 11) is 3.22. The van der Waals surface area contributed by atoms with E-state index in [2.05, 4.69) is 46.7 Å². The van der Waals surface area contributed by atoms with E-state index < -0.39 is 12.3 Å². The van der Waals surface area contributed by atoms with Gasteiger partial charge in [-0.15, -0.1) is 0 Å². The SMILES string of the molecule is COc1ncc(-c2ccc(N(C(=O)NCC(O)O)C3CCC(Nc4ncc(C#N)c(-c5nn(C)cc5Cl)n4)CC3)nc2)cn1. The summed E-state index contributed by atoms with van der Waals surface area (Å²) >= 11 is 6.31. The summed E-state index contributed by atoms with van der Waals surface area (Å²) < 4.78 is 6.56. The van der Waals surface area contributed by atoms with Crippen molar-refractivity contribution in [3.05, 3.63) is 53.7 Å². The van der Waals surface area contributed by atoms with Crippen molar-refractivity contribution in [2.24, 2.45) is 7.05 Å². The van der Waals surface area contributed by atoms with Gasteiger partial charge in [0.05, 0.1) is 30.4 Å². The fourth-order valence-corrected chi connectivity index (χ4v) is 5.25. The average molecular weight is 620 g/mol. The van der Waals surface area contributed by atoms with E-state index in [1.165, 1.54) is 13.3 Å². The molecule has 4 heterocycles. The number of hydrogen-bond acceptors (Lipinski definition) is 12. The highest BCUT2D eigenvalue weighted by Crippen LogP contribution is 2.31. The van der Waals surface area contributed by atoms with Gasteiger partial charge < -0.3 is 25.6 Å². The number of anilines is 2. The van der Waals surface area contributed by atoms with Gasteiger partial charge in [0.25, 0.3) is 0 Å². The lowest BCUT2D eigenvalue weighted by molar-refractivity contribution is -0.0351. The first-order valence-electron chi connectivity index (χ1n) is 13.7. The van der Waals surface area contributed by atoms with E-state index in [1.807, 2.05) is 6.07 Å². The molecular weight excluding hydrogens is 590 g/mol. The second-order valence-electron chi connectivity index (χ2n) is 10.1. The standard InChI is InChI=1S/C28H30ClN11O4/c1-39-15-21(29)25(38-39)24-17(9-30)11-32-26(37-24)36-19-4-6-20(7-5-19)40(28(43)35-14-23(41)42)22-8-3-16(10-31-22)18-12-33-27(44-2)34-13-18/h3,8,10-13,15,19-20,23,41-42H,4-7,14H2,1-2H3,(H,35,43)(H,32,36,37). The molecule has 0 aromatic carbocycles. The molecule has 15 nitrogen and oxygen atoms in total. The zero-order chi connectivity index (χ0) is 31.2. The van der Waals surface area contributed by atoms with Crippen molar-refractivity contribution >= 4 is 29.4 Å². The summed E-state index contributed by atoms with van der Waals surface area (Å²) in [6, 6.07) is 5.18. The molecule has 5 rings (SSSR count). The minimum absolute atomic E-state index is 0.000762. The first kappa shape index (κ1) is 30.5. The Bertz CT molecular complexity index is 1630. The quantitative estimate of drug-likeness (QED) is 0.200. The third kappa shape index (κ3) is 7.00. The first-order valence-corrected chi connectivity index (χ1v) is 14.1. The van der Waals surface area contributed by atoms with Crippen LogP contribution >= 0.6 is 11.6 Å². The highest BCUT2D eigenvalue weighted by molar-refractivity contribution is 6.33. The van der Waals surface area contributed by atoms with Gasteiger partial charge in [0.2, 0.25) is 5.95 Å². The van der Waals surface area contributed by atoms with Crippen molar-refractivity contribution in [1.29, 1.82) is 5.26 Å². The minimum Gasteiger partial charge on any atom is -0.467 e. The van der Waals surface area contributed by atoms with E-state index in [0.717, 1.165) is 11.1 Å². The number of hydrogen-bond donors (Lipinski definition) is 4. The van der Waals surface area contributed by atoms with E-state index in [9.17, 15) is 20.3 Å². The van der Waals surface area contributed by atoms with Gasteiger partial charge in [-0.3, -0.25) is 9.58 Å². The normalized spacial score (nSPS) is 16.3. The highest BCUT2D eigenvalue weighted by Gasteiger charge is 2.31. The van der Waals surface area contributed by atoms with Crippen molar-refractivity contribution in [3.8, 4) is 34.6 Å². The second-order valence-corrected chi connectivity index (χ2v) is 10.5. The van der Waals surface area contributed by atoms with Crippen LogP contribution in [0.5, 0.6) is 6.01 Å². The van der Waals surface area contributed by atoms with Gasteiger partial charge in [0.15, 0.2) is 6.29 Å². The second kappa shape index (κ2) is 13.6. The Morgan fingerprint density at radius 3 is 2.43 bits per heavy atom. The molecule has 44 heavy (non-hydrogen) atoms. The van der Waals surface area contributed by atoms with Gasteiger partial charge in [-0.2, -0.15) is 10.4 Å². The molecule has 4 aromatic heterocycles. The number of nitrogens with zero attached hydrogens (tertiary/aromatic N) is 9. The number of carbonyl (C=O) groups is 1. The molecule has 1 saturated carbocycles. The third-order valence-corrected chi connectivity index (χ3v) is 7.38. The van der Waals surface area contributed by atoms with Crippen LogP contribution in [0.1, 0.15) is 31.2 Å². The third-order valence-electron chi connectivity index (χ3n) is 7.11. The van der Waals surface area contributed by atoms with Gasteiger partial charge in [-0.05, 0) is 37.8 Å². The summed E-state index contributed by atoms with van der Waals surface area (Å²) in [4.78, 5) is 36.4. The number of ether oxygens (including phenoxy) is 1. The van der Waals surface area contributed by atoms with E-state index in [4.69, 9.17) is 16.3 Å². The molecule has 1 aliphatic carbocycles. The van der Waals surface area contributed by atoms with Crippen LogP contribution in [0.4, 0.5) is 16.6 Å². The van der Waals surface area contributed by atoms with Crippen LogP contribution in [0.2, 0.25) is 5.02 Å². The maximum atomic E-state index is 13.2. The van der Waals surface area contributed by atoms with Crippen molar-refractivity contribution in [2.45, 2.75) is 44.1 Å². The fraction of sp³-hybridized carbons (Fsp3) is 0.357. The van der Waals surface area contributed by atoms with Crippen molar-refractivity contribution in [2.75, 3.05) is 23.9 Å². The van der Waals surface area contributed by atoms with Gasteiger partial charge in [-0.1, -0.05) is 11.6 Å². The Morgan fingerprint density at radius 2 is 1.84 bits per heavy atom. The van der Waals surface area contributed by atoms with Gasteiger partial charge in [-0.25, -0.2) is 29.7 Å². The van der Waals surface area contributed by atoms with E-state index in [0.29, 0.717) is 53.9 Å². The molecule has 1 fully saturated rings. The minimum atomic E-state index is -1.69. The van der Waals surface area contributed by atoms with Crippen LogP contribution in [0.3, 0.4) is 0 Å². The molecular formula is C28H30ClN11O4. The lowest BCUT2D eigenvalue weighted by Crippen LogP contribution is -2.50. The molecule has 0 unspecified atom stereocenters. The lowest BCUT2D eigenvalue weighted by Gasteiger charge is -2.36. The monoisotopic (exact) mass is 619 g/mol. The van der Waals surface area contributed by atoms with Crippen LogP contribution in [0.15, 0.2) is 43.1 Å². The van der Waals surface area contributed by atoms with Gasteiger partial charge >= 0.3 is 12.0 Å². The smallest absolute Gasteiger partial charge is 0.323 e. The molecule has 4 N–H and O–H groups in total. The number of methoxy groups -OCH3 is 1. The summed E-state index contributed by atoms with van der Waals surface area (Å²) in [5.74, 6) is 0.757. The number of aliphatic hydroxyl groups excluding tert-OH is 1. The number of urea groups is 1. The molecule has 228 valence electrons. The number of aromatic nitrogens is 7. The zero-order valence-corrected chi connectivity index (χ0v) is 24.7. The van der Waals surface area contributed by atoms with Crippen LogP contribution in [0.25, 0.3) is 22.5 Å². The molecule has 0 atom stereocenters. The van der Waals surface area contributed by atoms with Crippen LogP contribution in [-0.2, 0) is 7.05 Å². The Labute approximate surface area is 257 Å². The first-order chi connectivity index (χ1) is 21.2. The zero-order valence-electron chi connectivity index (χ0n) is 23.9. The number of pyridine rings is 1. The number of halogens is 1. The lowest BCUT2D eigenvalue weighted by atomic mass is 9.90. The van der Waals surface area contributed by atoms with Crippen molar-refractivity contribution in [1.82, 2.24) is 40.0 Å². The Hall–Kier alpha value is -4.91. The van der Waals surface area contributed by atoms with Crippen LogP contribution in [0, 0.1) is 11.3 Å².